The Labute approximate surface area is 143 Å². The molecule has 0 saturated heterocycles. The molecule has 19 heavy (non-hydrogen) atoms. The van der Waals surface area contributed by atoms with Crippen LogP contribution in [0, 0.1) is 14.9 Å². The van der Waals surface area contributed by atoms with Crippen molar-refractivity contribution in [3.05, 3.63) is 14.9 Å². The standard InChI is InChI=1S/4C3H9P.2CH3.Fe/c4*1-4(2)3;;;/h4*1-3H3;2*1H3;/q;;;;2*-1;+2. The molecule has 0 aromatic carbocycles. The molecule has 0 saturated carbocycles. The van der Waals surface area contributed by atoms with E-state index in [9.17, 15) is 0 Å². The van der Waals surface area contributed by atoms with Crippen molar-refractivity contribution in [1.82, 2.24) is 0 Å². The number of rotatable bonds is 0. The molecule has 126 valence electrons. The molecule has 0 spiro atoms. The molecule has 0 nitrogen and oxygen atoms in total. The maximum Gasteiger partial charge on any atom is 2.00 e. The van der Waals surface area contributed by atoms with Gasteiger partial charge in [-0.3, -0.25) is 0 Å². The van der Waals surface area contributed by atoms with Gasteiger partial charge in [0.05, 0.1) is 0 Å². The van der Waals surface area contributed by atoms with E-state index in [2.05, 4.69) is 80.0 Å². The zero-order valence-electron chi connectivity index (χ0n) is 16.1. The van der Waals surface area contributed by atoms with Gasteiger partial charge in [0.2, 0.25) is 0 Å². The van der Waals surface area contributed by atoms with Gasteiger partial charge in [0.15, 0.2) is 0 Å². The molecular weight excluding hydrogens is 348 g/mol. The van der Waals surface area contributed by atoms with E-state index in [0.717, 1.165) is 0 Å². The predicted octanol–water partition coefficient (Wildman–Crippen LogP) is 6.33. The van der Waals surface area contributed by atoms with Gasteiger partial charge in [-0.2, -0.15) is 0 Å². The largest absolute Gasteiger partial charge is 2.00 e. The van der Waals surface area contributed by atoms with Crippen LogP contribution in [0.1, 0.15) is 0 Å². The molecule has 0 N–H and O–H groups in total. The Morgan fingerprint density at radius 1 is 0.316 bits per heavy atom. The average Bonchev–Trinajstić information content (AvgIpc) is 1.76. The predicted molar refractivity (Wildman–Crippen MR) is 112 cm³/mol. The van der Waals surface area contributed by atoms with E-state index in [1.165, 1.54) is 0 Å². The summed E-state index contributed by atoms with van der Waals surface area (Å²) in [6, 6.07) is 0. The van der Waals surface area contributed by atoms with Crippen LogP contribution in [0.4, 0.5) is 0 Å². The average molecular weight is 390 g/mol. The van der Waals surface area contributed by atoms with Crippen molar-refractivity contribution in [2.75, 3.05) is 80.0 Å². The van der Waals surface area contributed by atoms with Crippen LogP contribution in [0.5, 0.6) is 0 Å². The van der Waals surface area contributed by atoms with Crippen LogP contribution in [-0.2, 0) is 17.1 Å². The Kier molecular flexibility index (Phi) is 83.4. The van der Waals surface area contributed by atoms with Gasteiger partial charge < -0.3 is 14.9 Å². The minimum Gasteiger partial charge on any atom is -0.358 e. The van der Waals surface area contributed by atoms with Crippen molar-refractivity contribution in [2.24, 2.45) is 0 Å². The Morgan fingerprint density at radius 2 is 0.316 bits per heavy atom. The van der Waals surface area contributed by atoms with E-state index in [4.69, 9.17) is 0 Å². The summed E-state index contributed by atoms with van der Waals surface area (Å²) < 4.78 is 0. The van der Waals surface area contributed by atoms with E-state index >= 15 is 0 Å². The van der Waals surface area contributed by atoms with Crippen molar-refractivity contribution in [1.29, 1.82) is 0 Å². The third kappa shape index (κ3) is 1340. The van der Waals surface area contributed by atoms with Crippen LogP contribution in [-0.4, -0.2) is 80.0 Å². The third-order valence-corrected chi connectivity index (χ3v) is 0. The van der Waals surface area contributed by atoms with Crippen LogP contribution in [0.15, 0.2) is 0 Å². The molecule has 0 bridgehead atoms. The summed E-state index contributed by atoms with van der Waals surface area (Å²) in [6.45, 7) is 26.8. The normalized spacial score (nSPS) is 7.58. The summed E-state index contributed by atoms with van der Waals surface area (Å²) in [6.07, 6.45) is 0. The molecule has 0 radical (unpaired) electrons. The molecule has 0 atom stereocenters. The van der Waals surface area contributed by atoms with Crippen molar-refractivity contribution in [2.45, 2.75) is 0 Å². The molecule has 0 unspecified atom stereocenters. The van der Waals surface area contributed by atoms with E-state index in [-0.39, 0.29) is 31.9 Å². The first kappa shape index (κ1) is 42.9. The molecule has 0 rings (SSSR count). The molecule has 0 heterocycles. The monoisotopic (exact) mass is 390 g/mol. The summed E-state index contributed by atoms with van der Waals surface area (Å²) in [5.74, 6) is 0. The summed E-state index contributed by atoms with van der Waals surface area (Å²) in [5, 5.41) is 0. The number of hydrogen-bond donors (Lipinski definition) is 0. The van der Waals surface area contributed by atoms with Gasteiger partial charge in [-0.25, -0.2) is 0 Å². The Bertz CT molecular complexity index is 62.4. The second-order valence-corrected chi connectivity index (χ2v) is 16.1. The molecule has 0 aliphatic heterocycles. The van der Waals surface area contributed by atoms with E-state index in [1.807, 2.05) is 0 Å². The van der Waals surface area contributed by atoms with Crippen LogP contribution in [0.2, 0.25) is 0 Å². The first-order chi connectivity index (χ1) is 6.93. The summed E-state index contributed by atoms with van der Waals surface area (Å²) in [7, 11) is 1.52. The fourth-order valence-electron chi connectivity index (χ4n) is 0. The van der Waals surface area contributed by atoms with Gasteiger partial charge in [-0.05, 0) is 80.0 Å². The molecule has 0 aliphatic carbocycles. The maximum absolute atomic E-state index is 2.23. The second kappa shape index (κ2) is 36.9. The molecule has 0 aliphatic rings. The van der Waals surface area contributed by atoms with Gasteiger partial charge in [0.25, 0.3) is 0 Å². The summed E-state index contributed by atoms with van der Waals surface area (Å²) in [5.41, 5.74) is 0. The topological polar surface area (TPSA) is 0 Å². The third-order valence-electron chi connectivity index (χ3n) is 0. The van der Waals surface area contributed by atoms with Gasteiger partial charge in [0.1, 0.15) is 0 Å². The smallest absolute Gasteiger partial charge is 0.358 e. The summed E-state index contributed by atoms with van der Waals surface area (Å²) >= 11 is 0. The zero-order valence-corrected chi connectivity index (χ0v) is 20.8. The Balaban J connectivity index is -0.0000000192. The molecule has 5 heteroatoms. The SMILES string of the molecule is CP(C)C.CP(C)C.CP(C)C.CP(C)C.[CH3-].[CH3-].[Fe+2]. The van der Waals surface area contributed by atoms with Crippen molar-refractivity contribution >= 4 is 31.7 Å². The Hall–Kier alpha value is 2.24. The van der Waals surface area contributed by atoms with E-state index < -0.39 is 0 Å². The quantitative estimate of drug-likeness (QED) is 0.258. The molecule has 0 aromatic rings. The van der Waals surface area contributed by atoms with E-state index in [1.54, 1.807) is 0 Å². The van der Waals surface area contributed by atoms with Crippen LogP contribution >= 0.6 is 31.7 Å². The van der Waals surface area contributed by atoms with Crippen LogP contribution in [0.3, 0.4) is 0 Å². The van der Waals surface area contributed by atoms with Gasteiger partial charge in [0, 0.05) is 0 Å². The molecule has 0 fully saturated rings. The minimum absolute atomic E-state index is 0. The minimum atomic E-state index is 0. The molecule has 0 aromatic heterocycles. The second-order valence-electron chi connectivity index (χ2n) is 5.37. The van der Waals surface area contributed by atoms with Gasteiger partial charge >= 0.3 is 17.1 Å². The van der Waals surface area contributed by atoms with Crippen LogP contribution in [0.25, 0.3) is 0 Å². The van der Waals surface area contributed by atoms with Gasteiger partial charge in [-0.1, -0.05) is 0 Å². The summed E-state index contributed by atoms with van der Waals surface area (Å²) in [4.78, 5) is 0. The fraction of sp³-hybridized carbons (Fsp3) is 0.857. The van der Waals surface area contributed by atoms with Gasteiger partial charge in [-0.15, -0.1) is 31.7 Å². The first-order valence-corrected chi connectivity index (χ1v) is 16.1. The first-order valence-electron chi connectivity index (χ1n) is 5.37. The molecule has 0 amide bonds. The van der Waals surface area contributed by atoms with Crippen molar-refractivity contribution in [3.8, 4) is 0 Å². The van der Waals surface area contributed by atoms with Crippen LogP contribution < -0.4 is 0 Å². The maximum atomic E-state index is 2.23. The van der Waals surface area contributed by atoms with Crippen molar-refractivity contribution in [3.63, 3.8) is 0 Å². The molecular formula is C14H42FeP4. The van der Waals surface area contributed by atoms with Crippen molar-refractivity contribution < 1.29 is 17.1 Å². The Morgan fingerprint density at radius 3 is 0.316 bits per heavy atom. The number of hydrogen-bond acceptors (Lipinski definition) is 0. The zero-order chi connectivity index (χ0) is 14.3. The fourth-order valence-corrected chi connectivity index (χ4v) is 0. The van der Waals surface area contributed by atoms with E-state index in [0.29, 0.717) is 31.7 Å².